The first-order chi connectivity index (χ1) is 15.4. The van der Waals surface area contributed by atoms with Crippen LogP contribution in [0.5, 0.6) is 0 Å². The molecule has 6 heteroatoms. The van der Waals surface area contributed by atoms with Crippen molar-refractivity contribution in [2.75, 3.05) is 13.1 Å². The van der Waals surface area contributed by atoms with Gasteiger partial charge in [0.2, 0.25) is 15.9 Å². The number of hydrogen-bond donors (Lipinski definition) is 1. The van der Waals surface area contributed by atoms with Crippen molar-refractivity contribution in [2.45, 2.75) is 69.2 Å². The van der Waals surface area contributed by atoms with E-state index in [-0.39, 0.29) is 5.91 Å². The highest BCUT2D eigenvalue weighted by atomic mass is 32.2. The number of piperidine rings is 1. The summed E-state index contributed by atoms with van der Waals surface area (Å²) >= 11 is 0. The number of hydrogen-bond acceptors (Lipinski definition) is 3. The molecule has 1 saturated carbocycles. The van der Waals surface area contributed by atoms with Crippen molar-refractivity contribution < 1.29 is 13.2 Å². The van der Waals surface area contributed by atoms with Crippen LogP contribution in [0.2, 0.25) is 0 Å². The van der Waals surface area contributed by atoms with Crippen molar-refractivity contribution in [3.63, 3.8) is 0 Å². The molecule has 0 radical (unpaired) electrons. The number of benzene rings is 2. The van der Waals surface area contributed by atoms with Crippen LogP contribution in [0.15, 0.2) is 59.5 Å². The molecule has 2 aromatic rings. The Morgan fingerprint density at radius 3 is 2.22 bits per heavy atom. The lowest BCUT2D eigenvalue weighted by atomic mass is 9.80. The second-order valence-corrected chi connectivity index (χ2v) is 11.5. The SMILES string of the molecule is CC1(C(=O)NCc2ccccc2)CCN(S(=O)(=O)c2ccc(C3CCCCC3)cc2)CC1. The topological polar surface area (TPSA) is 66.5 Å². The molecule has 172 valence electrons. The minimum absolute atomic E-state index is 0.00441. The summed E-state index contributed by atoms with van der Waals surface area (Å²) in [6.07, 6.45) is 7.26. The van der Waals surface area contributed by atoms with E-state index in [9.17, 15) is 13.2 Å². The Kier molecular flexibility index (Phi) is 7.01. The molecule has 2 fully saturated rings. The fourth-order valence-corrected chi connectivity index (χ4v) is 6.38. The number of amides is 1. The van der Waals surface area contributed by atoms with Crippen LogP contribution in [0.1, 0.15) is 68.9 Å². The van der Waals surface area contributed by atoms with Gasteiger partial charge in [-0.25, -0.2) is 8.42 Å². The van der Waals surface area contributed by atoms with Crippen LogP contribution in [0.3, 0.4) is 0 Å². The molecule has 1 aliphatic heterocycles. The average Bonchev–Trinajstić information content (AvgIpc) is 2.84. The van der Waals surface area contributed by atoms with Crippen LogP contribution < -0.4 is 5.32 Å². The molecule has 0 unspecified atom stereocenters. The maximum atomic E-state index is 13.2. The van der Waals surface area contributed by atoms with Crippen molar-refractivity contribution in [3.05, 3.63) is 65.7 Å². The molecule has 0 atom stereocenters. The van der Waals surface area contributed by atoms with E-state index in [0.29, 0.717) is 43.3 Å². The number of nitrogens with one attached hydrogen (secondary N) is 1. The molecule has 2 aliphatic rings. The second-order valence-electron chi connectivity index (χ2n) is 9.54. The van der Waals surface area contributed by atoms with E-state index in [1.807, 2.05) is 49.4 Å². The molecule has 5 nitrogen and oxygen atoms in total. The summed E-state index contributed by atoms with van der Waals surface area (Å²) in [5.74, 6) is 0.556. The number of carbonyl (C=O) groups is 1. The quantitative estimate of drug-likeness (QED) is 0.679. The molecule has 1 aliphatic carbocycles. The van der Waals surface area contributed by atoms with Gasteiger partial charge in [-0.3, -0.25) is 4.79 Å². The summed E-state index contributed by atoms with van der Waals surface area (Å²) in [6, 6.07) is 17.3. The number of sulfonamides is 1. The van der Waals surface area contributed by atoms with Crippen LogP contribution >= 0.6 is 0 Å². The molecule has 4 rings (SSSR count). The van der Waals surface area contributed by atoms with Gasteiger partial charge < -0.3 is 5.32 Å². The minimum Gasteiger partial charge on any atom is -0.352 e. The van der Waals surface area contributed by atoms with E-state index >= 15 is 0 Å². The smallest absolute Gasteiger partial charge is 0.243 e. The van der Waals surface area contributed by atoms with Crippen molar-refractivity contribution in [3.8, 4) is 0 Å². The summed E-state index contributed by atoms with van der Waals surface area (Å²) in [5, 5.41) is 3.02. The van der Waals surface area contributed by atoms with Gasteiger partial charge >= 0.3 is 0 Å². The monoisotopic (exact) mass is 454 g/mol. The number of carbonyl (C=O) groups excluding carboxylic acids is 1. The Hall–Kier alpha value is -2.18. The Bertz CT molecular complexity index is 1000. The summed E-state index contributed by atoms with van der Waals surface area (Å²) in [6.45, 7) is 3.16. The van der Waals surface area contributed by atoms with Crippen LogP contribution in [-0.2, 0) is 21.4 Å². The van der Waals surface area contributed by atoms with Crippen LogP contribution in [0.25, 0.3) is 0 Å². The highest BCUT2D eigenvalue weighted by molar-refractivity contribution is 7.89. The van der Waals surface area contributed by atoms with Crippen molar-refractivity contribution in [2.24, 2.45) is 5.41 Å². The van der Waals surface area contributed by atoms with Crippen LogP contribution in [0, 0.1) is 5.41 Å². The molecule has 1 N–H and O–H groups in total. The predicted molar refractivity (Wildman–Crippen MR) is 127 cm³/mol. The first-order valence-electron chi connectivity index (χ1n) is 11.8. The summed E-state index contributed by atoms with van der Waals surface area (Å²) in [5.41, 5.74) is 1.76. The highest BCUT2D eigenvalue weighted by Crippen LogP contribution is 2.35. The van der Waals surface area contributed by atoms with Gasteiger partial charge in [0.25, 0.3) is 0 Å². The third-order valence-electron chi connectivity index (χ3n) is 7.26. The van der Waals surface area contributed by atoms with E-state index < -0.39 is 15.4 Å². The Morgan fingerprint density at radius 1 is 0.969 bits per heavy atom. The molecule has 0 bridgehead atoms. The lowest BCUT2D eigenvalue weighted by Crippen LogP contribution is -2.48. The van der Waals surface area contributed by atoms with Crippen LogP contribution in [-0.4, -0.2) is 31.7 Å². The lowest BCUT2D eigenvalue weighted by Gasteiger charge is -2.37. The van der Waals surface area contributed by atoms with Gasteiger partial charge in [-0.05, 0) is 54.9 Å². The van der Waals surface area contributed by atoms with E-state index in [2.05, 4.69) is 5.32 Å². The van der Waals surface area contributed by atoms with Gasteiger partial charge in [-0.2, -0.15) is 4.31 Å². The van der Waals surface area contributed by atoms with Crippen molar-refractivity contribution in [1.82, 2.24) is 9.62 Å². The lowest BCUT2D eigenvalue weighted by molar-refractivity contribution is -0.132. The van der Waals surface area contributed by atoms with Gasteiger partial charge in [-0.15, -0.1) is 0 Å². The zero-order chi connectivity index (χ0) is 22.6. The molecule has 1 amide bonds. The number of rotatable bonds is 6. The van der Waals surface area contributed by atoms with Gasteiger partial charge in [0, 0.05) is 25.0 Å². The van der Waals surface area contributed by atoms with Gasteiger partial charge in [0.05, 0.1) is 4.90 Å². The molecule has 2 aromatic carbocycles. The third-order valence-corrected chi connectivity index (χ3v) is 9.18. The van der Waals surface area contributed by atoms with E-state index in [1.165, 1.54) is 42.0 Å². The van der Waals surface area contributed by atoms with Gasteiger partial charge in [-0.1, -0.05) is 68.7 Å². The normalized spacial score (nSPS) is 20.0. The third kappa shape index (κ3) is 5.07. The van der Waals surface area contributed by atoms with E-state index in [0.717, 1.165) is 5.56 Å². The fourth-order valence-electron chi connectivity index (χ4n) is 4.94. The Morgan fingerprint density at radius 2 is 1.59 bits per heavy atom. The largest absolute Gasteiger partial charge is 0.352 e. The summed E-state index contributed by atoms with van der Waals surface area (Å²) < 4.78 is 27.9. The first-order valence-corrected chi connectivity index (χ1v) is 13.2. The van der Waals surface area contributed by atoms with E-state index in [4.69, 9.17) is 0 Å². The molecule has 0 aromatic heterocycles. The molecule has 1 heterocycles. The first kappa shape index (κ1) is 23.0. The fraction of sp³-hybridized carbons (Fsp3) is 0.500. The highest BCUT2D eigenvalue weighted by Gasteiger charge is 2.40. The maximum absolute atomic E-state index is 13.2. The van der Waals surface area contributed by atoms with Gasteiger partial charge in [0.15, 0.2) is 0 Å². The van der Waals surface area contributed by atoms with Crippen molar-refractivity contribution in [1.29, 1.82) is 0 Å². The molecule has 32 heavy (non-hydrogen) atoms. The Balaban J connectivity index is 1.35. The van der Waals surface area contributed by atoms with Gasteiger partial charge in [0.1, 0.15) is 0 Å². The molecule has 0 spiro atoms. The van der Waals surface area contributed by atoms with Crippen molar-refractivity contribution >= 4 is 15.9 Å². The molecule has 1 saturated heterocycles. The van der Waals surface area contributed by atoms with E-state index in [1.54, 1.807) is 12.1 Å². The summed E-state index contributed by atoms with van der Waals surface area (Å²) in [7, 11) is -3.54. The zero-order valence-corrected chi connectivity index (χ0v) is 19.7. The number of nitrogens with zero attached hydrogens (tertiary/aromatic N) is 1. The van der Waals surface area contributed by atoms with Crippen LogP contribution in [0.4, 0.5) is 0 Å². The predicted octanol–water partition coefficient (Wildman–Crippen LogP) is 4.84. The maximum Gasteiger partial charge on any atom is 0.243 e. The zero-order valence-electron chi connectivity index (χ0n) is 18.9. The molecular weight excluding hydrogens is 420 g/mol. The molecular formula is C26H34N2O3S. The summed E-state index contributed by atoms with van der Waals surface area (Å²) in [4.78, 5) is 13.2. The second kappa shape index (κ2) is 9.75. The Labute approximate surface area is 192 Å². The average molecular weight is 455 g/mol. The minimum atomic E-state index is -3.54. The standard InChI is InChI=1S/C26H34N2O3S/c1-26(25(29)27-20-21-8-4-2-5-9-21)16-18-28(19-17-26)32(30,31)24-14-12-23(13-15-24)22-10-6-3-7-11-22/h2,4-5,8-9,12-15,22H,3,6-7,10-11,16-20H2,1H3,(H,27,29).